The fraction of sp³-hybridized carbons (Fsp3) is 0.364. The van der Waals surface area contributed by atoms with Crippen molar-refractivity contribution in [2.24, 2.45) is 0 Å². The molecule has 2 rings (SSSR count). The van der Waals surface area contributed by atoms with Gasteiger partial charge in [-0.2, -0.15) is 0 Å². The van der Waals surface area contributed by atoms with Crippen LogP contribution in [0, 0.1) is 0 Å². The van der Waals surface area contributed by atoms with Gasteiger partial charge in [-0.05, 0) is 18.6 Å². The van der Waals surface area contributed by atoms with Crippen molar-refractivity contribution in [1.29, 1.82) is 0 Å². The molecule has 0 aromatic rings. The third-order valence-electron chi connectivity index (χ3n) is 2.76. The summed E-state index contributed by atoms with van der Waals surface area (Å²) in [6, 6.07) is 0. The molecule has 0 aromatic heterocycles. The molecule has 5 nitrogen and oxygen atoms in total. The van der Waals surface area contributed by atoms with Crippen LogP contribution in [0.4, 0.5) is 0 Å². The zero-order valence-corrected chi connectivity index (χ0v) is 8.99. The molecule has 84 valence electrons. The van der Waals surface area contributed by atoms with Gasteiger partial charge in [0, 0.05) is 18.2 Å². The Kier molecular flexibility index (Phi) is 2.18. The third-order valence-corrected chi connectivity index (χ3v) is 2.76. The van der Waals surface area contributed by atoms with E-state index in [1.165, 1.54) is 19.3 Å². The van der Waals surface area contributed by atoms with E-state index in [0.717, 1.165) is 0 Å². The Morgan fingerprint density at radius 2 is 2.00 bits per heavy atom. The summed E-state index contributed by atoms with van der Waals surface area (Å²) in [4.78, 5) is 33.9. The van der Waals surface area contributed by atoms with E-state index in [9.17, 15) is 14.4 Å². The van der Waals surface area contributed by atoms with Gasteiger partial charge in [0.25, 0.3) is 0 Å². The Hall–Kier alpha value is -1.91. The van der Waals surface area contributed by atoms with Crippen molar-refractivity contribution in [3.63, 3.8) is 0 Å². The first-order valence-corrected chi connectivity index (χ1v) is 4.84. The number of rotatable bonds is 1. The van der Waals surface area contributed by atoms with Gasteiger partial charge in [0.05, 0.1) is 7.11 Å². The first-order chi connectivity index (χ1) is 7.46. The van der Waals surface area contributed by atoms with Crippen LogP contribution < -0.4 is 5.32 Å². The van der Waals surface area contributed by atoms with E-state index in [1.54, 1.807) is 6.92 Å². The Bertz CT molecular complexity index is 427. The quantitative estimate of drug-likeness (QED) is 0.379. The molecule has 0 saturated carbocycles. The molecule has 5 heteroatoms. The molecule has 16 heavy (non-hydrogen) atoms. The molecule has 2 aliphatic rings. The summed E-state index contributed by atoms with van der Waals surface area (Å²) in [6.07, 6.45) is 2.86. The molecule has 1 aliphatic carbocycles. The second-order valence-corrected chi connectivity index (χ2v) is 4.08. The van der Waals surface area contributed by atoms with Crippen LogP contribution in [0.25, 0.3) is 0 Å². The molecular formula is C11H11NO4. The number of ether oxygens (including phenoxy) is 1. The zero-order chi connectivity index (χ0) is 11.9. The molecule has 0 spiro atoms. The van der Waals surface area contributed by atoms with E-state index >= 15 is 0 Å². The van der Waals surface area contributed by atoms with Crippen LogP contribution in [0.3, 0.4) is 0 Å². The Labute approximate surface area is 92.1 Å². The van der Waals surface area contributed by atoms with Crippen molar-refractivity contribution in [3.8, 4) is 0 Å². The van der Waals surface area contributed by atoms with Crippen LogP contribution in [0.2, 0.25) is 0 Å². The minimum atomic E-state index is -0.892. The van der Waals surface area contributed by atoms with E-state index in [4.69, 9.17) is 0 Å². The maximum Gasteiger partial charge on any atom is 0.331 e. The maximum absolute atomic E-state index is 11.5. The Morgan fingerprint density at radius 3 is 2.62 bits per heavy atom. The fourth-order valence-electron chi connectivity index (χ4n) is 1.94. The minimum Gasteiger partial charge on any atom is -0.467 e. The summed E-state index contributed by atoms with van der Waals surface area (Å²) in [5.41, 5.74) is 0.326. The van der Waals surface area contributed by atoms with Crippen molar-refractivity contribution in [3.05, 3.63) is 23.4 Å². The molecule has 1 aliphatic heterocycles. The largest absolute Gasteiger partial charge is 0.467 e. The molecule has 1 fully saturated rings. The molecule has 0 bridgehead atoms. The van der Waals surface area contributed by atoms with Crippen LogP contribution in [-0.4, -0.2) is 30.2 Å². The number of carbonyl (C=O) groups is 3. The predicted molar refractivity (Wildman–Crippen MR) is 54.4 cm³/mol. The number of methoxy groups -OCH3 is 1. The number of nitrogens with one attached hydrogen (secondary N) is 1. The summed E-state index contributed by atoms with van der Waals surface area (Å²) in [5.74, 6) is -1.53. The van der Waals surface area contributed by atoms with Crippen LogP contribution >= 0.6 is 0 Å². The zero-order valence-electron chi connectivity index (χ0n) is 8.99. The number of carbonyl (C=O) groups excluding carboxylic acids is 3. The number of fused-ring (bicyclic) bond motifs is 1. The van der Waals surface area contributed by atoms with Crippen molar-refractivity contribution in [2.45, 2.75) is 18.9 Å². The summed E-state index contributed by atoms with van der Waals surface area (Å²) < 4.78 is 4.67. The number of ketones is 2. The summed E-state index contributed by atoms with van der Waals surface area (Å²) in [7, 11) is 1.30. The summed E-state index contributed by atoms with van der Waals surface area (Å²) in [5, 5.41) is 2.92. The Balaban J connectivity index is 2.35. The normalized spacial score (nSPS) is 27.9. The van der Waals surface area contributed by atoms with Gasteiger partial charge in [0.15, 0.2) is 0 Å². The molecule has 1 saturated heterocycles. The van der Waals surface area contributed by atoms with E-state index in [0.29, 0.717) is 17.7 Å². The van der Waals surface area contributed by atoms with E-state index in [2.05, 4.69) is 10.1 Å². The minimum absolute atomic E-state index is 0.352. The van der Waals surface area contributed by atoms with Gasteiger partial charge >= 0.3 is 5.97 Å². The standard InChI is InChI=1S/C11H11NO4/c1-11(10(15)16-2)5-6-3-8(13)9(14)4-7(6)12-11/h3-4,12H,5H2,1-2H3. The number of hydrogen-bond acceptors (Lipinski definition) is 5. The number of hydrogen-bond donors (Lipinski definition) is 1. The van der Waals surface area contributed by atoms with Crippen molar-refractivity contribution in [2.75, 3.05) is 7.11 Å². The lowest BCUT2D eigenvalue weighted by Gasteiger charge is -2.20. The SMILES string of the molecule is COC(=O)C1(C)CC2=CC(=O)C(=O)C=C2N1. The second kappa shape index (κ2) is 3.30. The van der Waals surface area contributed by atoms with Gasteiger partial charge < -0.3 is 10.1 Å². The van der Waals surface area contributed by atoms with Crippen LogP contribution in [0.1, 0.15) is 13.3 Å². The van der Waals surface area contributed by atoms with Crippen molar-refractivity contribution >= 4 is 17.5 Å². The molecule has 1 N–H and O–H groups in total. The first-order valence-electron chi connectivity index (χ1n) is 4.84. The highest BCUT2D eigenvalue weighted by Gasteiger charge is 2.43. The van der Waals surface area contributed by atoms with Gasteiger partial charge in [0.2, 0.25) is 11.6 Å². The molecular weight excluding hydrogens is 210 g/mol. The highest BCUT2D eigenvalue weighted by Crippen LogP contribution is 2.33. The summed E-state index contributed by atoms with van der Waals surface area (Å²) in [6.45, 7) is 1.67. The van der Waals surface area contributed by atoms with Gasteiger partial charge in [-0.15, -0.1) is 0 Å². The molecule has 1 unspecified atom stereocenters. The van der Waals surface area contributed by atoms with Gasteiger partial charge in [-0.1, -0.05) is 0 Å². The van der Waals surface area contributed by atoms with E-state index in [1.807, 2.05) is 0 Å². The maximum atomic E-state index is 11.5. The monoisotopic (exact) mass is 221 g/mol. The Morgan fingerprint density at radius 1 is 1.38 bits per heavy atom. The van der Waals surface area contributed by atoms with E-state index in [-0.39, 0.29) is 0 Å². The van der Waals surface area contributed by atoms with Crippen LogP contribution in [0.15, 0.2) is 23.4 Å². The van der Waals surface area contributed by atoms with Crippen LogP contribution in [0.5, 0.6) is 0 Å². The topological polar surface area (TPSA) is 72.5 Å². The molecule has 0 radical (unpaired) electrons. The van der Waals surface area contributed by atoms with Gasteiger partial charge in [0.1, 0.15) is 5.54 Å². The second-order valence-electron chi connectivity index (χ2n) is 4.08. The average molecular weight is 221 g/mol. The van der Waals surface area contributed by atoms with Gasteiger partial charge in [-0.25, -0.2) is 4.79 Å². The third kappa shape index (κ3) is 1.44. The lowest BCUT2D eigenvalue weighted by atomic mass is 9.95. The lowest BCUT2D eigenvalue weighted by Crippen LogP contribution is -2.44. The smallest absolute Gasteiger partial charge is 0.331 e. The van der Waals surface area contributed by atoms with Gasteiger partial charge in [-0.3, -0.25) is 9.59 Å². The number of allylic oxidation sites excluding steroid dienone is 3. The molecule has 1 atom stereocenters. The fourth-order valence-corrected chi connectivity index (χ4v) is 1.94. The van der Waals surface area contributed by atoms with Crippen molar-refractivity contribution < 1.29 is 19.1 Å². The summed E-state index contributed by atoms with van der Waals surface area (Å²) >= 11 is 0. The average Bonchev–Trinajstić information content (AvgIpc) is 2.55. The predicted octanol–water partition coefficient (Wildman–Crippen LogP) is -0.127. The van der Waals surface area contributed by atoms with E-state index < -0.39 is 23.1 Å². The van der Waals surface area contributed by atoms with Crippen molar-refractivity contribution in [1.82, 2.24) is 5.32 Å². The van der Waals surface area contributed by atoms with Crippen LogP contribution in [-0.2, 0) is 19.1 Å². The molecule has 0 aromatic carbocycles. The number of esters is 1. The first kappa shape index (κ1) is 10.6. The molecule has 0 amide bonds. The lowest BCUT2D eigenvalue weighted by molar-refractivity contribution is -0.147. The molecule has 1 heterocycles. The highest BCUT2D eigenvalue weighted by molar-refractivity contribution is 6.46. The highest BCUT2D eigenvalue weighted by atomic mass is 16.5.